The van der Waals surface area contributed by atoms with Gasteiger partial charge in [0.1, 0.15) is 12.4 Å². The van der Waals surface area contributed by atoms with Gasteiger partial charge in [0.25, 0.3) is 0 Å². The fourth-order valence-electron chi connectivity index (χ4n) is 1.59. The molecule has 1 heterocycles. The zero-order valence-corrected chi connectivity index (χ0v) is 11.5. The lowest BCUT2D eigenvalue weighted by Gasteiger charge is -2.21. The first-order chi connectivity index (χ1) is 8.56. The van der Waals surface area contributed by atoms with Crippen LogP contribution >= 0.6 is 11.5 Å². The first kappa shape index (κ1) is 13.2. The van der Waals surface area contributed by atoms with Crippen LogP contribution < -0.4 is 4.90 Å². The molecule has 100 valence electrons. The van der Waals surface area contributed by atoms with Crippen molar-refractivity contribution in [1.82, 2.24) is 14.3 Å². The molecule has 0 radical (unpaired) electrons. The van der Waals surface area contributed by atoms with Gasteiger partial charge in [-0.3, -0.25) is 4.79 Å². The highest BCUT2D eigenvalue weighted by Crippen LogP contribution is 2.39. The molecule has 18 heavy (non-hydrogen) atoms. The van der Waals surface area contributed by atoms with Crippen molar-refractivity contribution in [2.75, 3.05) is 38.6 Å². The molecule has 1 aromatic heterocycles. The Labute approximate surface area is 110 Å². The summed E-state index contributed by atoms with van der Waals surface area (Å²) in [4.78, 5) is 19.1. The molecule has 1 saturated carbocycles. The highest BCUT2D eigenvalue weighted by molar-refractivity contribution is 7.09. The topological polar surface area (TPSA) is 69.6 Å². The fraction of sp³-hybridized carbons (Fsp3) is 0.727. The number of nitrogens with zero attached hydrogens (tertiary/aromatic N) is 4. The Bertz CT molecular complexity index is 417. The third-order valence-electron chi connectivity index (χ3n) is 2.79. The van der Waals surface area contributed by atoms with Crippen molar-refractivity contribution in [3.63, 3.8) is 0 Å². The van der Waals surface area contributed by atoms with Gasteiger partial charge in [-0.25, -0.2) is 4.98 Å². The number of likely N-dealkylation sites (N-methyl/N-ethyl adjacent to an activating group) is 1. The first-order valence-corrected chi connectivity index (χ1v) is 6.78. The highest BCUT2D eigenvalue weighted by Gasteiger charge is 2.28. The summed E-state index contributed by atoms with van der Waals surface area (Å²) < 4.78 is 4.32. The predicted molar refractivity (Wildman–Crippen MR) is 70.3 cm³/mol. The lowest BCUT2D eigenvalue weighted by molar-refractivity contribution is -0.135. The van der Waals surface area contributed by atoms with Gasteiger partial charge in [-0.1, -0.05) is 0 Å². The Morgan fingerprint density at radius 2 is 2.17 bits per heavy atom. The molecule has 0 bridgehead atoms. The minimum atomic E-state index is -0.836. The monoisotopic (exact) mass is 270 g/mol. The lowest BCUT2D eigenvalue weighted by Crippen LogP contribution is -2.35. The van der Waals surface area contributed by atoms with Crippen molar-refractivity contribution in [2.24, 2.45) is 0 Å². The first-order valence-electron chi connectivity index (χ1n) is 6.01. The molecule has 1 aliphatic carbocycles. The normalized spacial score (nSPS) is 15.1. The van der Waals surface area contributed by atoms with Crippen LogP contribution in [0, 0.1) is 0 Å². The van der Waals surface area contributed by atoms with Gasteiger partial charge in [0.2, 0.25) is 5.13 Å². The van der Waals surface area contributed by atoms with E-state index in [2.05, 4.69) is 9.36 Å². The molecule has 1 fully saturated rings. The molecular formula is C11H18N4O2S. The Balaban J connectivity index is 2.02. The molecule has 2 rings (SSSR count). The van der Waals surface area contributed by atoms with Crippen LogP contribution in [-0.2, 0) is 4.79 Å². The summed E-state index contributed by atoms with van der Waals surface area (Å²) in [6, 6.07) is 0. The zero-order chi connectivity index (χ0) is 13.1. The maximum atomic E-state index is 10.9. The second-order valence-corrected chi connectivity index (χ2v) is 5.56. The number of hydrogen-bond acceptors (Lipinski definition) is 6. The van der Waals surface area contributed by atoms with E-state index >= 15 is 0 Å². The maximum Gasteiger partial charge on any atom is 0.323 e. The largest absolute Gasteiger partial charge is 0.480 e. The molecule has 1 aliphatic rings. The van der Waals surface area contributed by atoms with Gasteiger partial charge in [0, 0.05) is 30.5 Å². The summed E-state index contributed by atoms with van der Waals surface area (Å²) >= 11 is 1.30. The molecule has 0 aliphatic heterocycles. The van der Waals surface area contributed by atoms with Crippen LogP contribution in [0.25, 0.3) is 0 Å². The summed E-state index contributed by atoms with van der Waals surface area (Å²) in [5.41, 5.74) is 0. The number of rotatable bonds is 7. The van der Waals surface area contributed by atoms with E-state index in [0.29, 0.717) is 12.5 Å². The summed E-state index contributed by atoms with van der Waals surface area (Å²) in [7, 11) is 3.93. The van der Waals surface area contributed by atoms with Crippen LogP contribution in [0.4, 0.5) is 5.13 Å². The zero-order valence-electron chi connectivity index (χ0n) is 10.7. The number of carboxylic acid groups (broad SMARTS) is 1. The van der Waals surface area contributed by atoms with Crippen molar-refractivity contribution < 1.29 is 9.90 Å². The lowest BCUT2D eigenvalue weighted by atomic mass is 10.4. The van der Waals surface area contributed by atoms with Gasteiger partial charge in [0.05, 0.1) is 0 Å². The second kappa shape index (κ2) is 5.62. The van der Waals surface area contributed by atoms with Gasteiger partial charge in [0.15, 0.2) is 0 Å². The van der Waals surface area contributed by atoms with Crippen LogP contribution in [0.1, 0.15) is 24.6 Å². The van der Waals surface area contributed by atoms with Crippen LogP contribution in [0.15, 0.2) is 0 Å². The van der Waals surface area contributed by atoms with E-state index in [1.807, 2.05) is 19.0 Å². The van der Waals surface area contributed by atoms with Gasteiger partial charge in [-0.2, -0.15) is 4.37 Å². The summed E-state index contributed by atoms with van der Waals surface area (Å²) in [5.74, 6) is 0.558. The molecule has 1 N–H and O–H groups in total. The van der Waals surface area contributed by atoms with Crippen LogP contribution in [-0.4, -0.2) is 59.1 Å². The van der Waals surface area contributed by atoms with E-state index in [0.717, 1.165) is 30.3 Å². The number of carboxylic acids is 1. The SMILES string of the molecule is CN(C)CCN(CC(=O)O)c1nc(C2CC2)ns1. The molecule has 0 saturated heterocycles. The summed E-state index contributed by atoms with van der Waals surface area (Å²) in [6.45, 7) is 1.43. The smallest absolute Gasteiger partial charge is 0.323 e. The van der Waals surface area contributed by atoms with E-state index in [4.69, 9.17) is 5.11 Å². The number of aromatic nitrogens is 2. The van der Waals surface area contributed by atoms with Crippen molar-refractivity contribution in [3.05, 3.63) is 5.82 Å². The van der Waals surface area contributed by atoms with Gasteiger partial charge in [-0.05, 0) is 26.9 Å². The third-order valence-corrected chi connectivity index (χ3v) is 3.58. The van der Waals surface area contributed by atoms with Crippen LogP contribution in [0.2, 0.25) is 0 Å². The Morgan fingerprint density at radius 3 is 2.72 bits per heavy atom. The van der Waals surface area contributed by atoms with E-state index in [1.54, 1.807) is 4.90 Å². The van der Waals surface area contributed by atoms with E-state index < -0.39 is 5.97 Å². The molecule has 0 atom stereocenters. The molecule has 0 unspecified atom stereocenters. The minimum absolute atomic E-state index is 0.0207. The molecular weight excluding hydrogens is 252 g/mol. The van der Waals surface area contributed by atoms with Crippen LogP contribution in [0.5, 0.6) is 0 Å². The highest BCUT2D eigenvalue weighted by atomic mass is 32.1. The van der Waals surface area contributed by atoms with Gasteiger partial charge >= 0.3 is 5.97 Å². The third kappa shape index (κ3) is 3.64. The standard InChI is InChI=1S/C11H18N4O2S/c1-14(2)5-6-15(7-9(16)17)11-12-10(13-18-11)8-3-4-8/h8H,3-7H2,1-2H3,(H,16,17). The number of aliphatic carboxylic acids is 1. The van der Waals surface area contributed by atoms with Crippen molar-refractivity contribution >= 4 is 22.6 Å². The van der Waals surface area contributed by atoms with Gasteiger partial charge < -0.3 is 14.9 Å². The van der Waals surface area contributed by atoms with E-state index in [1.165, 1.54) is 11.5 Å². The molecule has 6 nitrogen and oxygen atoms in total. The van der Waals surface area contributed by atoms with E-state index in [-0.39, 0.29) is 6.54 Å². The van der Waals surface area contributed by atoms with Gasteiger partial charge in [-0.15, -0.1) is 0 Å². The average Bonchev–Trinajstić information content (AvgIpc) is 3.02. The van der Waals surface area contributed by atoms with E-state index in [9.17, 15) is 4.79 Å². The molecule has 0 amide bonds. The maximum absolute atomic E-state index is 10.9. The molecule has 0 aromatic carbocycles. The van der Waals surface area contributed by atoms with Crippen molar-refractivity contribution in [3.8, 4) is 0 Å². The molecule has 7 heteroatoms. The molecule has 0 spiro atoms. The molecule has 1 aromatic rings. The predicted octanol–water partition coefficient (Wildman–Crippen LogP) is 0.868. The summed E-state index contributed by atoms with van der Waals surface area (Å²) in [6.07, 6.45) is 2.32. The Hall–Kier alpha value is -1.21. The Morgan fingerprint density at radius 1 is 1.44 bits per heavy atom. The van der Waals surface area contributed by atoms with Crippen molar-refractivity contribution in [1.29, 1.82) is 0 Å². The summed E-state index contributed by atoms with van der Waals surface area (Å²) in [5, 5.41) is 9.66. The Kier molecular flexibility index (Phi) is 4.13. The van der Waals surface area contributed by atoms with Crippen molar-refractivity contribution in [2.45, 2.75) is 18.8 Å². The fourth-order valence-corrected chi connectivity index (χ4v) is 2.36. The minimum Gasteiger partial charge on any atom is -0.480 e. The quantitative estimate of drug-likeness (QED) is 0.793. The van der Waals surface area contributed by atoms with Crippen LogP contribution in [0.3, 0.4) is 0 Å². The number of carbonyl (C=O) groups is 1. The average molecular weight is 270 g/mol. The second-order valence-electron chi connectivity index (χ2n) is 4.83. The number of anilines is 1. The number of hydrogen-bond donors (Lipinski definition) is 1.